The first-order valence-corrected chi connectivity index (χ1v) is 10.3. The molecule has 6 heteroatoms. The molecule has 0 saturated heterocycles. The van der Waals surface area contributed by atoms with Crippen LogP contribution in [0.15, 0.2) is 69.9 Å². The van der Waals surface area contributed by atoms with Gasteiger partial charge in [-0.25, -0.2) is 13.3 Å². The molecular weight excluding hydrogens is 376 g/mol. The smallest absolute Gasteiger partial charge is 0.230 e. The molecule has 2 aromatic carbocycles. The van der Waals surface area contributed by atoms with Crippen molar-refractivity contribution >= 4 is 27.3 Å². The minimum Gasteiger partial charge on any atom is -0.230 e. The van der Waals surface area contributed by atoms with Gasteiger partial charge in [-0.1, -0.05) is 42.0 Å². The summed E-state index contributed by atoms with van der Waals surface area (Å²) in [5.41, 5.74) is 3.04. The first-order valence-electron chi connectivity index (χ1n) is 7.94. The van der Waals surface area contributed by atoms with Gasteiger partial charge in [0, 0.05) is 0 Å². The Morgan fingerprint density at radius 1 is 1.11 bits per heavy atom. The van der Waals surface area contributed by atoms with Gasteiger partial charge < -0.3 is 0 Å². The SMILES string of the molecule is [C-]#[N+]C(=Cc1ccc(-c2sccc2C#N)cc1)S(=O)(=O)c1ccc(C)cc1. The Bertz CT molecular complexity index is 1190. The molecular formula is C21H14N2O2S2. The quantitative estimate of drug-likeness (QED) is 0.569. The predicted octanol–water partition coefficient (Wildman–Crippen LogP) is 5.29. The second kappa shape index (κ2) is 7.59. The van der Waals surface area contributed by atoms with Crippen molar-refractivity contribution in [2.24, 2.45) is 0 Å². The van der Waals surface area contributed by atoms with Crippen LogP contribution in [-0.4, -0.2) is 8.42 Å². The van der Waals surface area contributed by atoms with E-state index in [1.54, 1.807) is 30.3 Å². The summed E-state index contributed by atoms with van der Waals surface area (Å²) in [6, 6.07) is 17.5. The molecule has 27 heavy (non-hydrogen) atoms. The molecule has 0 aliphatic heterocycles. The molecule has 132 valence electrons. The Hall–Kier alpha value is -3.19. The molecule has 0 fully saturated rings. The van der Waals surface area contributed by atoms with Crippen molar-refractivity contribution in [2.75, 3.05) is 0 Å². The van der Waals surface area contributed by atoms with Crippen LogP contribution in [0.25, 0.3) is 21.4 Å². The fraction of sp³-hybridized carbons (Fsp3) is 0.0476. The molecule has 0 aliphatic carbocycles. The van der Waals surface area contributed by atoms with Crippen LogP contribution in [0.5, 0.6) is 0 Å². The molecule has 4 nitrogen and oxygen atoms in total. The number of hydrogen-bond acceptors (Lipinski definition) is 4. The Balaban J connectivity index is 1.96. The summed E-state index contributed by atoms with van der Waals surface area (Å²) in [4.78, 5) is 4.20. The fourth-order valence-corrected chi connectivity index (χ4v) is 4.50. The highest BCUT2D eigenvalue weighted by molar-refractivity contribution is 7.95. The van der Waals surface area contributed by atoms with Gasteiger partial charge in [-0.15, -0.1) is 11.3 Å². The highest BCUT2D eigenvalue weighted by Crippen LogP contribution is 2.30. The lowest BCUT2D eigenvalue weighted by Gasteiger charge is -2.04. The highest BCUT2D eigenvalue weighted by atomic mass is 32.2. The van der Waals surface area contributed by atoms with Crippen molar-refractivity contribution in [1.29, 1.82) is 5.26 Å². The summed E-state index contributed by atoms with van der Waals surface area (Å²) in [7, 11) is -3.86. The summed E-state index contributed by atoms with van der Waals surface area (Å²) in [6.45, 7) is 9.18. The molecule has 0 saturated carbocycles. The minimum atomic E-state index is -3.86. The van der Waals surface area contributed by atoms with E-state index in [1.165, 1.54) is 29.5 Å². The minimum absolute atomic E-state index is 0.101. The molecule has 3 aromatic rings. The van der Waals surface area contributed by atoms with Crippen molar-refractivity contribution in [3.8, 4) is 16.5 Å². The first kappa shape index (κ1) is 18.6. The number of rotatable bonds is 4. The zero-order valence-corrected chi connectivity index (χ0v) is 16.0. The summed E-state index contributed by atoms with van der Waals surface area (Å²) in [5, 5.41) is 10.7. The molecule has 0 aliphatic rings. The van der Waals surface area contributed by atoms with Crippen molar-refractivity contribution in [1.82, 2.24) is 0 Å². The van der Waals surface area contributed by atoms with Crippen molar-refractivity contribution in [2.45, 2.75) is 11.8 Å². The normalized spacial score (nSPS) is 11.6. The van der Waals surface area contributed by atoms with Crippen molar-refractivity contribution in [3.63, 3.8) is 0 Å². The maximum absolute atomic E-state index is 12.7. The standard InChI is InChI=1S/C21H14N2O2S2/c1-15-3-9-19(10-4-15)27(24,25)20(23-2)13-16-5-7-17(8-6-16)21-18(14-22)11-12-26-21/h3-13H,1H3. The van der Waals surface area contributed by atoms with E-state index in [0.717, 1.165) is 16.0 Å². The topological polar surface area (TPSA) is 62.3 Å². The number of nitriles is 1. The second-order valence-electron chi connectivity index (χ2n) is 5.81. The van der Waals surface area contributed by atoms with E-state index in [9.17, 15) is 8.42 Å². The van der Waals surface area contributed by atoms with Gasteiger partial charge in [0.05, 0.1) is 21.9 Å². The number of aryl methyl sites for hydroxylation is 1. The zero-order valence-electron chi connectivity index (χ0n) is 14.4. The molecule has 0 radical (unpaired) electrons. The van der Waals surface area contributed by atoms with Crippen LogP contribution in [-0.2, 0) is 9.84 Å². The average molecular weight is 390 g/mol. The highest BCUT2D eigenvalue weighted by Gasteiger charge is 2.21. The third-order valence-corrected chi connectivity index (χ3v) is 6.58. The van der Waals surface area contributed by atoms with Gasteiger partial charge in [-0.3, -0.25) is 0 Å². The Morgan fingerprint density at radius 3 is 2.37 bits per heavy atom. The predicted molar refractivity (Wildman–Crippen MR) is 107 cm³/mol. The molecule has 3 rings (SSSR count). The summed E-state index contributed by atoms with van der Waals surface area (Å²) in [5.74, 6) is 0. The fourth-order valence-electron chi connectivity index (χ4n) is 2.50. The number of thiophene rings is 1. The van der Waals surface area contributed by atoms with Gasteiger partial charge in [0.2, 0.25) is 9.84 Å². The van der Waals surface area contributed by atoms with E-state index in [0.29, 0.717) is 11.1 Å². The lowest BCUT2D eigenvalue weighted by atomic mass is 10.1. The van der Waals surface area contributed by atoms with E-state index in [4.69, 9.17) is 11.8 Å². The first-order chi connectivity index (χ1) is 13.0. The zero-order chi connectivity index (χ0) is 19.4. The van der Waals surface area contributed by atoms with E-state index < -0.39 is 9.84 Å². The van der Waals surface area contributed by atoms with Crippen LogP contribution in [0.4, 0.5) is 0 Å². The lowest BCUT2D eigenvalue weighted by Crippen LogP contribution is -2.02. The lowest BCUT2D eigenvalue weighted by molar-refractivity contribution is 0.603. The van der Waals surface area contributed by atoms with Crippen LogP contribution in [0.3, 0.4) is 0 Å². The van der Waals surface area contributed by atoms with E-state index in [2.05, 4.69) is 10.9 Å². The molecule has 0 amide bonds. The number of hydrogen-bond donors (Lipinski definition) is 0. The summed E-state index contributed by atoms with van der Waals surface area (Å²) >= 11 is 1.47. The average Bonchev–Trinajstić information content (AvgIpc) is 3.15. The van der Waals surface area contributed by atoms with Gasteiger partial charge in [0.25, 0.3) is 5.03 Å². The molecule has 0 atom stereocenters. The van der Waals surface area contributed by atoms with E-state index >= 15 is 0 Å². The summed E-state index contributed by atoms with van der Waals surface area (Å²) in [6.07, 6.45) is 1.37. The maximum atomic E-state index is 12.7. The third-order valence-electron chi connectivity index (χ3n) is 3.97. The molecule has 1 heterocycles. The Morgan fingerprint density at radius 2 is 1.78 bits per heavy atom. The summed E-state index contributed by atoms with van der Waals surface area (Å²) < 4.78 is 25.4. The van der Waals surface area contributed by atoms with Gasteiger partial charge in [0.15, 0.2) is 0 Å². The van der Waals surface area contributed by atoms with E-state index in [1.807, 2.05) is 24.4 Å². The molecule has 0 bridgehead atoms. The van der Waals surface area contributed by atoms with Gasteiger partial charge in [0.1, 0.15) is 6.07 Å². The van der Waals surface area contributed by atoms with Gasteiger partial charge in [-0.2, -0.15) is 5.26 Å². The van der Waals surface area contributed by atoms with Gasteiger partial charge in [-0.05, 0) is 47.7 Å². The number of sulfone groups is 1. The number of nitrogens with zero attached hydrogens (tertiary/aromatic N) is 2. The van der Waals surface area contributed by atoms with Crippen molar-refractivity contribution in [3.05, 3.63) is 93.1 Å². The van der Waals surface area contributed by atoms with Gasteiger partial charge >= 0.3 is 0 Å². The molecule has 0 unspecified atom stereocenters. The Kier molecular flexibility index (Phi) is 5.23. The largest absolute Gasteiger partial charge is 0.283 e. The monoisotopic (exact) mass is 390 g/mol. The van der Waals surface area contributed by atoms with Crippen LogP contribution >= 0.6 is 11.3 Å². The maximum Gasteiger partial charge on any atom is 0.283 e. The molecule has 1 aromatic heterocycles. The van der Waals surface area contributed by atoms with Crippen LogP contribution in [0, 0.1) is 24.8 Å². The van der Waals surface area contributed by atoms with Crippen LogP contribution in [0.1, 0.15) is 16.7 Å². The van der Waals surface area contributed by atoms with E-state index in [-0.39, 0.29) is 9.92 Å². The molecule has 0 N–H and O–H groups in total. The number of benzene rings is 2. The Labute approximate surface area is 162 Å². The van der Waals surface area contributed by atoms with Crippen LogP contribution < -0.4 is 0 Å². The van der Waals surface area contributed by atoms with Crippen molar-refractivity contribution < 1.29 is 8.42 Å². The molecule has 0 spiro atoms. The van der Waals surface area contributed by atoms with Crippen LogP contribution in [0.2, 0.25) is 0 Å². The second-order valence-corrected chi connectivity index (χ2v) is 8.62. The third kappa shape index (κ3) is 3.83.